The van der Waals surface area contributed by atoms with Gasteiger partial charge in [-0.25, -0.2) is 4.98 Å². The molecule has 4 heteroatoms. The van der Waals surface area contributed by atoms with Crippen LogP contribution in [0.25, 0.3) is 72.8 Å². The predicted molar refractivity (Wildman–Crippen MR) is 173 cm³/mol. The minimum Gasteiger partial charge on any atom is -0.309 e. The Morgan fingerprint density at radius 1 is 0.805 bits per heavy atom. The Morgan fingerprint density at radius 3 is 2.41 bits per heavy atom. The van der Waals surface area contributed by atoms with Crippen molar-refractivity contribution in [3.63, 3.8) is 0 Å². The van der Waals surface area contributed by atoms with Gasteiger partial charge >= 0.3 is 0 Å². The monoisotopic (exact) mass is 543 g/mol. The van der Waals surface area contributed by atoms with Gasteiger partial charge in [0, 0.05) is 43.7 Å². The maximum atomic E-state index is 5.11. The first kappa shape index (κ1) is 23.9. The van der Waals surface area contributed by atoms with Gasteiger partial charge in [-0.15, -0.1) is 0 Å². The van der Waals surface area contributed by atoms with Crippen molar-refractivity contribution in [2.24, 2.45) is 0 Å². The summed E-state index contributed by atoms with van der Waals surface area (Å²) in [5.41, 5.74) is 7.85. The highest BCUT2D eigenvalue weighted by atomic mass is 32.2. The lowest BCUT2D eigenvalue weighted by Gasteiger charge is -2.19. The molecule has 4 aromatic carbocycles. The molecule has 194 valence electrons. The topological polar surface area (TPSA) is 30.7 Å². The van der Waals surface area contributed by atoms with E-state index in [0.717, 1.165) is 38.0 Å². The third-order valence-electron chi connectivity index (χ3n) is 7.98. The molecule has 8 rings (SSSR count). The van der Waals surface area contributed by atoms with Crippen LogP contribution in [0.1, 0.15) is 6.92 Å². The normalized spacial score (nSPS) is 13.3. The average Bonchev–Trinajstić information content (AvgIpc) is 3.34. The van der Waals surface area contributed by atoms with Crippen LogP contribution in [0.3, 0.4) is 0 Å². The molecule has 1 aliphatic heterocycles. The zero-order valence-corrected chi connectivity index (χ0v) is 23.3. The van der Waals surface area contributed by atoms with Crippen molar-refractivity contribution in [1.29, 1.82) is 0 Å². The maximum absolute atomic E-state index is 5.11. The van der Waals surface area contributed by atoms with Gasteiger partial charge in [0.25, 0.3) is 0 Å². The van der Waals surface area contributed by atoms with Crippen molar-refractivity contribution in [1.82, 2.24) is 14.5 Å². The van der Waals surface area contributed by atoms with Crippen molar-refractivity contribution < 1.29 is 0 Å². The maximum Gasteiger partial charge on any atom is 0.112 e. The molecule has 0 bridgehead atoms. The number of hydrogen-bond acceptors (Lipinski definition) is 3. The Balaban J connectivity index is 1.36. The Bertz CT molecular complexity index is 2310. The molecule has 0 saturated heterocycles. The summed E-state index contributed by atoms with van der Waals surface area (Å²) in [5, 5.41) is 8.07. The lowest BCUT2D eigenvalue weighted by molar-refractivity contribution is 1.07. The van der Waals surface area contributed by atoms with Gasteiger partial charge in [0.2, 0.25) is 0 Å². The second kappa shape index (κ2) is 9.33. The van der Waals surface area contributed by atoms with Crippen LogP contribution in [-0.4, -0.2) is 14.5 Å². The number of benzene rings is 4. The van der Waals surface area contributed by atoms with E-state index in [1.54, 1.807) is 11.8 Å². The van der Waals surface area contributed by atoms with Crippen molar-refractivity contribution in [2.45, 2.75) is 16.8 Å². The van der Waals surface area contributed by atoms with Crippen LogP contribution >= 0.6 is 11.8 Å². The van der Waals surface area contributed by atoms with Gasteiger partial charge in [0.1, 0.15) is 5.03 Å². The molecule has 3 aromatic heterocycles. The molecule has 0 saturated carbocycles. The molecular weight excluding hydrogens is 518 g/mol. The van der Waals surface area contributed by atoms with Gasteiger partial charge in [0.05, 0.1) is 22.1 Å². The van der Waals surface area contributed by atoms with Crippen LogP contribution in [0.15, 0.2) is 126 Å². The van der Waals surface area contributed by atoms with Crippen LogP contribution in [0.2, 0.25) is 0 Å². The van der Waals surface area contributed by atoms with Gasteiger partial charge in [-0.2, -0.15) is 0 Å². The Labute approximate surface area is 241 Å². The molecule has 4 heterocycles. The number of hydrogen-bond donors (Lipinski definition) is 0. The van der Waals surface area contributed by atoms with Gasteiger partial charge in [-0.3, -0.25) is 4.98 Å². The molecule has 41 heavy (non-hydrogen) atoms. The molecular formula is C37H25N3S. The van der Waals surface area contributed by atoms with Crippen molar-refractivity contribution in [2.75, 3.05) is 0 Å². The lowest BCUT2D eigenvalue weighted by Crippen LogP contribution is -2.27. The second-order valence-electron chi connectivity index (χ2n) is 10.2. The SMILES string of the molecule is C=C/C=c1\c(=C/C)c2cc(-c3ccc4nc5c6c(nccc6c4c3)-c3ccccc3S5)ccc2n1-c1ccccc1. The summed E-state index contributed by atoms with van der Waals surface area (Å²) in [5.74, 6) is 0. The van der Waals surface area contributed by atoms with E-state index in [4.69, 9.17) is 9.97 Å². The number of fused-ring (bicyclic) bond motifs is 5. The largest absolute Gasteiger partial charge is 0.309 e. The van der Waals surface area contributed by atoms with E-state index in [2.05, 4.69) is 127 Å². The van der Waals surface area contributed by atoms with Crippen LogP contribution in [0.4, 0.5) is 0 Å². The highest BCUT2D eigenvalue weighted by Crippen LogP contribution is 2.47. The van der Waals surface area contributed by atoms with Crippen LogP contribution in [0, 0.1) is 0 Å². The number of para-hydroxylation sites is 1. The Kier molecular flexibility index (Phi) is 5.44. The summed E-state index contributed by atoms with van der Waals surface area (Å²) in [7, 11) is 0. The van der Waals surface area contributed by atoms with Crippen molar-refractivity contribution >= 4 is 56.5 Å². The smallest absolute Gasteiger partial charge is 0.112 e. The molecule has 0 unspecified atom stereocenters. The summed E-state index contributed by atoms with van der Waals surface area (Å²) < 4.78 is 2.32. The Hall–Kier alpha value is -4.93. The van der Waals surface area contributed by atoms with Gasteiger partial charge in [0.15, 0.2) is 0 Å². The number of nitrogens with zero attached hydrogens (tertiary/aromatic N) is 3. The zero-order valence-electron chi connectivity index (χ0n) is 22.5. The fraction of sp³-hybridized carbons (Fsp3) is 0.0270. The van der Waals surface area contributed by atoms with E-state index in [9.17, 15) is 0 Å². The highest BCUT2D eigenvalue weighted by molar-refractivity contribution is 7.99. The molecule has 7 aromatic rings. The quantitative estimate of drug-likeness (QED) is 0.210. The number of pyridine rings is 2. The van der Waals surface area contributed by atoms with E-state index in [1.165, 1.54) is 43.1 Å². The summed E-state index contributed by atoms with van der Waals surface area (Å²) >= 11 is 1.73. The summed E-state index contributed by atoms with van der Waals surface area (Å²) in [6, 6.07) is 34.5. The Morgan fingerprint density at radius 2 is 1.59 bits per heavy atom. The first-order chi connectivity index (χ1) is 20.2. The highest BCUT2D eigenvalue weighted by Gasteiger charge is 2.22. The van der Waals surface area contributed by atoms with Crippen molar-refractivity contribution in [3.8, 4) is 28.1 Å². The fourth-order valence-electron chi connectivity index (χ4n) is 6.18. The van der Waals surface area contributed by atoms with E-state index in [-0.39, 0.29) is 0 Å². The predicted octanol–water partition coefficient (Wildman–Crippen LogP) is 8.29. The number of rotatable bonds is 3. The van der Waals surface area contributed by atoms with E-state index in [1.807, 2.05) is 12.3 Å². The number of allylic oxidation sites excluding steroid dienone is 1. The third-order valence-corrected chi connectivity index (χ3v) is 9.04. The molecule has 0 amide bonds. The summed E-state index contributed by atoms with van der Waals surface area (Å²) in [6.07, 6.45) is 8.09. The van der Waals surface area contributed by atoms with Crippen molar-refractivity contribution in [3.05, 3.63) is 126 Å². The minimum atomic E-state index is 1.00. The molecule has 0 spiro atoms. The summed E-state index contributed by atoms with van der Waals surface area (Å²) in [4.78, 5) is 11.1. The lowest BCUT2D eigenvalue weighted by atomic mass is 9.97. The fourth-order valence-corrected chi connectivity index (χ4v) is 7.26. The van der Waals surface area contributed by atoms with Crippen LogP contribution in [-0.2, 0) is 0 Å². The zero-order chi connectivity index (χ0) is 27.5. The van der Waals surface area contributed by atoms with E-state index < -0.39 is 0 Å². The van der Waals surface area contributed by atoms with Crippen LogP contribution in [0.5, 0.6) is 0 Å². The molecule has 3 nitrogen and oxygen atoms in total. The standard InChI is InChI=1S/C37H25N3S/c1-3-10-32-26(4-2)30-22-24(16-18-33(30)40(32)25-11-6-5-7-12-25)23-15-17-31-29(21-23)27-19-20-38-36-28-13-8-9-14-34(28)41-37(39-31)35(27)36/h3-22H,1H2,2H3/b26-4-,32-10+. The molecule has 1 aliphatic rings. The number of aromatic nitrogens is 3. The molecule has 0 radical (unpaired) electrons. The minimum absolute atomic E-state index is 1.00. The molecule has 0 aliphatic carbocycles. The molecule has 0 N–H and O–H groups in total. The van der Waals surface area contributed by atoms with E-state index >= 15 is 0 Å². The first-order valence-electron chi connectivity index (χ1n) is 13.7. The summed E-state index contributed by atoms with van der Waals surface area (Å²) in [6.45, 7) is 6.10. The molecule has 0 fully saturated rings. The molecule has 0 atom stereocenters. The second-order valence-corrected chi connectivity index (χ2v) is 11.3. The third kappa shape index (κ3) is 3.61. The van der Waals surface area contributed by atoms with Gasteiger partial charge < -0.3 is 4.57 Å². The van der Waals surface area contributed by atoms with Gasteiger partial charge in [-0.1, -0.05) is 79.0 Å². The van der Waals surface area contributed by atoms with E-state index in [0.29, 0.717) is 0 Å². The average molecular weight is 544 g/mol. The first-order valence-corrected chi connectivity index (χ1v) is 14.6. The van der Waals surface area contributed by atoms with Crippen LogP contribution < -0.4 is 10.6 Å². The van der Waals surface area contributed by atoms with Gasteiger partial charge in [-0.05, 0) is 78.0 Å².